The summed E-state index contributed by atoms with van der Waals surface area (Å²) < 4.78 is 4.72. The summed E-state index contributed by atoms with van der Waals surface area (Å²) in [5.74, 6) is 0. The molecule has 0 radical (unpaired) electrons. The van der Waals surface area contributed by atoms with E-state index in [4.69, 9.17) is 0 Å². The average Bonchev–Trinajstić information content (AvgIpc) is 3.38. The molecule has 0 N–H and O–H groups in total. The number of nitrogens with zero attached hydrogens (tertiary/aromatic N) is 2. The van der Waals surface area contributed by atoms with Crippen molar-refractivity contribution in [2.45, 2.75) is 0 Å². The zero-order valence-electron chi connectivity index (χ0n) is 17.4. The van der Waals surface area contributed by atoms with E-state index in [1.807, 2.05) is 0 Å². The standard InChI is InChI=1S/C30H20N2/c1-5-13-27-23(9-1)24-10-2-6-14-28(24)31(27)21-17-19-22(20-18-21)32-29-15-7-3-11-25(29)26-12-4-8-16-30(26)32/h1-20H. The van der Waals surface area contributed by atoms with E-state index in [0.29, 0.717) is 0 Å². The Bertz CT molecular complexity index is 1530. The molecule has 0 saturated carbocycles. The smallest absolute Gasteiger partial charge is 0.0541 e. The quantitative estimate of drug-likeness (QED) is 0.275. The third-order valence-electron chi connectivity index (χ3n) is 6.53. The molecule has 0 atom stereocenters. The molecule has 0 fully saturated rings. The molecule has 2 heterocycles. The Kier molecular flexibility index (Phi) is 3.58. The van der Waals surface area contributed by atoms with Gasteiger partial charge in [-0.1, -0.05) is 72.8 Å². The maximum atomic E-state index is 2.36. The second-order valence-corrected chi connectivity index (χ2v) is 8.26. The maximum absolute atomic E-state index is 2.36. The first-order valence-corrected chi connectivity index (χ1v) is 11.0. The number of benzene rings is 5. The van der Waals surface area contributed by atoms with E-state index in [9.17, 15) is 0 Å². The molecule has 150 valence electrons. The molecule has 0 bridgehead atoms. The molecule has 0 unspecified atom stereocenters. The third kappa shape index (κ3) is 2.35. The summed E-state index contributed by atoms with van der Waals surface area (Å²) in [6, 6.07) is 43.5. The van der Waals surface area contributed by atoms with Crippen LogP contribution < -0.4 is 0 Å². The minimum Gasteiger partial charge on any atom is -0.309 e. The number of para-hydroxylation sites is 4. The number of hydrogen-bond donors (Lipinski definition) is 0. The SMILES string of the molecule is c1ccc2c(c1)c1ccccc1n2-c1ccc(-n2c3ccccc3c3ccccc32)cc1. The fourth-order valence-corrected chi connectivity index (χ4v) is 5.15. The maximum Gasteiger partial charge on any atom is 0.0541 e. The summed E-state index contributed by atoms with van der Waals surface area (Å²) in [7, 11) is 0. The summed E-state index contributed by atoms with van der Waals surface area (Å²) >= 11 is 0. The van der Waals surface area contributed by atoms with Gasteiger partial charge in [-0.3, -0.25) is 0 Å². The van der Waals surface area contributed by atoms with Crippen molar-refractivity contribution in [3.8, 4) is 11.4 Å². The van der Waals surface area contributed by atoms with Crippen LogP contribution >= 0.6 is 0 Å². The van der Waals surface area contributed by atoms with E-state index in [0.717, 1.165) is 0 Å². The minimum absolute atomic E-state index is 1.17. The first-order valence-electron chi connectivity index (χ1n) is 11.0. The molecule has 2 aromatic heterocycles. The topological polar surface area (TPSA) is 9.86 Å². The highest BCUT2D eigenvalue weighted by molar-refractivity contribution is 6.10. The molecule has 0 aliphatic heterocycles. The minimum atomic E-state index is 1.17. The van der Waals surface area contributed by atoms with Crippen LogP contribution in [0.25, 0.3) is 55.0 Å². The summed E-state index contributed by atoms with van der Waals surface area (Å²) in [4.78, 5) is 0. The van der Waals surface area contributed by atoms with Gasteiger partial charge in [0.25, 0.3) is 0 Å². The van der Waals surface area contributed by atoms with E-state index < -0.39 is 0 Å². The van der Waals surface area contributed by atoms with E-state index in [1.54, 1.807) is 0 Å². The van der Waals surface area contributed by atoms with Crippen molar-refractivity contribution in [2.75, 3.05) is 0 Å². The monoisotopic (exact) mass is 408 g/mol. The zero-order chi connectivity index (χ0) is 21.1. The number of aromatic nitrogens is 2. The van der Waals surface area contributed by atoms with E-state index in [1.165, 1.54) is 55.0 Å². The van der Waals surface area contributed by atoms with Crippen molar-refractivity contribution < 1.29 is 0 Å². The zero-order valence-corrected chi connectivity index (χ0v) is 17.4. The lowest BCUT2D eigenvalue weighted by atomic mass is 10.2. The Morgan fingerprint density at radius 2 is 0.531 bits per heavy atom. The second-order valence-electron chi connectivity index (χ2n) is 8.26. The van der Waals surface area contributed by atoms with Gasteiger partial charge in [-0.2, -0.15) is 0 Å². The van der Waals surface area contributed by atoms with Gasteiger partial charge in [0.2, 0.25) is 0 Å². The van der Waals surface area contributed by atoms with Gasteiger partial charge in [-0.05, 0) is 48.5 Å². The molecule has 0 amide bonds. The summed E-state index contributed by atoms with van der Waals surface area (Å²) in [6.45, 7) is 0. The lowest BCUT2D eigenvalue weighted by molar-refractivity contribution is 1.14. The Morgan fingerprint density at radius 1 is 0.281 bits per heavy atom. The molecule has 0 aliphatic rings. The van der Waals surface area contributed by atoms with Gasteiger partial charge in [0.1, 0.15) is 0 Å². The van der Waals surface area contributed by atoms with Gasteiger partial charge < -0.3 is 9.13 Å². The lowest BCUT2D eigenvalue weighted by Crippen LogP contribution is -1.97. The largest absolute Gasteiger partial charge is 0.309 e. The lowest BCUT2D eigenvalue weighted by Gasteiger charge is -2.11. The van der Waals surface area contributed by atoms with Crippen LogP contribution in [-0.4, -0.2) is 9.13 Å². The molecule has 2 heteroatoms. The summed E-state index contributed by atoms with van der Waals surface area (Å²) in [6.07, 6.45) is 0. The van der Waals surface area contributed by atoms with Crippen LogP contribution in [0.5, 0.6) is 0 Å². The van der Waals surface area contributed by atoms with Crippen LogP contribution in [-0.2, 0) is 0 Å². The van der Waals surface area contributed by atoms with Crippen LogP contribution in [0.3, 0.4) is 0 Å². The van der Waals surface area contributed by atoms with Gasteiger partial charge in [0, 0.05) is 32.9 Å². The predicted octanol–water partition coefficient (Wildman–Crippen LogP) is 7.88. The van der Waals surface area contributed by atoms with Gasteiger partial charge in [-0.15, -0.1) is 0 Å². The number of fused-ring (bicyclic) bond motifs is 6. The van der Waals surface area contributed by atoms with Crippen molar-refractivity contribution in [1.82, 2.24) is 9.13 Å². The Hall–Kier alpha value is -4.30. The van der Waals surface area contributed by atoms with Crippen LogP contribution in [0.15, 0.2) is 121 Å². The van der Waals surface area contributed by atoms with Crippen LogP contribution in [0.2, 0.25) is 0 Å². The summed E-state index contributed by atoms with van der Waals surface area (Å²) in [5, 5.41) is 5.15. The molecule has 7 aromatic rings. The Labute approximate surface area is 185 Å². The van der Waals surface area contributed by atoms with Crippen molar-refractivity contribution in [2.24, 2.45) is 0 Å². The van der Waals surface area contributed by atoms with Crippen molar-refractivity contribution in [3.05, 3.63) is 121 Å². The molecule has 0 saturated heterocycles. The van der Waals surface area contributed by atoms with Gasteiger partial charge in [-0.25, -0.2) is 0 Å². The van der Waals surface area contributed by atoms with Crippen molar-refractivity contribution >= 4 is 43.6 Å². The summed E-state index contributed by atoms with van der Waals surface area (Å²) in [5.41, 5.74) is 7.28. The van der Waals surface area contributed by atoms with Gasteiger partial charge in [0.15, 0.2) is 0 Å². The highest BCUT2D eigenvalue weighted by Crippen LogP contribution is 2.34. The molecular weight excluding hydrogens is 388 g/mol. The molecule has 5 aromatic carbocycles. The van der Waals surface area contributed by atoms with E-state index in [-0.39, 0.29) is 0 Å². The molecular formula is C30H20N2. The average molecular weight is 409 g/mol. The van der Waals surface area contributed by atoms with E-state index >= 15 is 0 Å². The predicted molar refractivity (Wildman–Crippen MR) is 135 cm³/mol. The second kappa shape index (κ2) is 6.60. The normalized spacial score (nSPS) is 11.8. The third-order valence-corrected chi connectivity index (χ3v) is 6.53. The highest BCUT2D eigenvalue weighted by atomic mass is 15.0. The fourth-order valence-electron chi connectivity index (χ4n) is 5.15. The molecule has 0 aliphatic carbocycles. The molecule has 32 heavy (non-hydrogen) atoms. The number of rotatable bonds is 2. The van der Waals surface area contributed by atoms with Crippen molar-refractivity contribution in [3.63, 3.8) is 0 Å². The first-order chi connectivity index (χ1) is 15.9. The van der Waals surface area contributed by atoms with Crippen LogP contribution in [0, 0.1) is 0 Å². The van der Waals surface area contributed by atoms with Crippen molar-refractivity contribution in [1.29, 1.82) is 0 Å². The highest BCUT2D eigenvalue weighted by Gasteiger charge is 2.13. The Balaban J connectivity index is 1.47. The molecule has 2 nitrogen and oxygen atoms in total. The van der Waals surface area contributed by atoms with Gasteiger partial charge in [0.05, 0.1) is 22.1 Å². The Morgan fingerprint density at radius 3 is 0.812 bits per heavy atom. The number of hydrogen-bond acceptors (Lipinski definition) is 0. The molecule has 7 rings (SSSR count). The van der Waals surface area contributed by atoms with Crippen LogP contribution in [0.1, 0.15) is 0 Å². The van der Waals surface area contributed by atoms with Crippen LogP contribution in [0.4, 0.5) is 0 Å². The molecule has 0 spiro atoms. The van der Waals surface area contributed by atoms with Gasteiger partial charge >= 0.3 is 0 Å². The fraction of sp³-hybridized carbons (Fsp3) is 0. The first kappa shape index (κ1) is 17.4. The van der Waals surface area contributed by atoms with E-state index in [2.05, 4.69) is 130 Å².